The van der Waals surface area contributed by atoms with E-state index in [0.29, 0.717) is 11.5 Å². The molecule has 92 valence electrons. The number of likely N-dealkylation sites (tertiary alicyclic amines) is 1. The smallest absolute Gasteiger partial charge is 0.314 e. The summed E-state index contributed by atoms with van der Waals surface area (Å²) in [7, 11) is 0. The Morgan fingerprint density at radius 1 is 1.50 bits per heavy atom. The van der Waals surface area contributed by atoms with Crippen LogP contribution in [0, 0.1) is 5.41 Å². The molecule has 0 radical (unpaired) electrons. The van der Waals surface area contributed by atoms with E-state index < -0.39 is 0 Å². The van der Waals surface area contributed by atoms with E-state index in [0.717, 1.165) is 45.7 Å². The van der Waals surface area contributed by atoms with Crippen LogP contribution in [0.15, 0.2) is 0 Å². The minimum atomic E-state index is -0.294. The van der Waals surface area contributed by atoms with Crippen LogP contribution < -0.4 is 11.1 Å². The topological polar surface area (TPSA) is 67.6 Å². The van der Waals surface area contributed by atoms with Gasteiger partial charge in [0.05, 0.1) is 13.2 Å². The standard InChI is InChI=1S/C11H21N3O2/c1-11(7-16-8-11)6-13-9-2-4-14(5-3-9)10(12)15/h9,13H,2-8H2,1H3,(H2,12,15). The quantitative estimate of drug-likeness (QED) is 0.721. The van der Waals surface area contributed by atoms with Crippen LogP contribution in [0.1, 0.15) is 19.8 Å². The van der Waals surface area contributed by atoms with Crippen LogP contribution >= 0.6 is 0 Å². The fraction of sp³-hybridized carbons (Fsp3) is 0.909. The highest BCUT2D eigenvalue weighted by Gasteiger charge is 2.34. The Bertz CT molecular complexity index is 258. The molecule has 0 aromatic carbocycles. The maximum atomic E-state index is 10.9. The van der Waals surface area contributed by atoms with Crippen molar-refractivity contribution >= 4 is 6.03 Å². The summed E-state index contributed by atoms with van der Waals surface area (Å²) >= 11 is 0. The minimum Gasteiger partial charge on any atom is -0.380 e. The molecule has 2 saturated heterocycles. The Hall–Kier alpha value is -0.810. The molecule has 5 nitrogen and oxygen atoms in total. The Balaban J connectivity index is 1.67. The van der Waals surface area contributed by atoms with Gasteiger partial charge in [-0.25, -0.2) is 4.79 Å². The van der Waals surface area contributed by atoms with Gasteiger partial charge in [0.25, 0.3) is 0 Å². The number of piperidine rings is 1. The number of hydrogen-bond donors (Lipinski definition) is 2. The van der Waals surface area contributed by atoms with Crippen molar-refractivity contribution in [3.05, 3.63) is 0 Å². The van der Waals surface area contributed by atoms with Crippen molar-refractivity contribution in [1.29, 1.82) is 0 Å². The van der Waals surface area contributed by atoms with E-state index in [2.05, 4.69) is 12.2 Å². The zero-order valence-electron chi connectivity index (χ0n) is 9.87. The first kappa shape index (κ1) is 11.7. The summed E-state index contributed by atoms with van der Waals surface area (Å²) in [6.07, 6.45) is 2.00. The zero-order chi connectivity index (χ0) is 11.6. The number of nitrogens with one attached hydrogen (secondary N) is 1. The van der Waals surface area contributed by atoms with Crippen molar-refractivity contribution in [2.45, 2.75) is 25.8 Å². The highest BCUT2D eigenvalue weighted by Crippen LogP contribution is 2.25. The van der Waals surface area contributed by atoms with Crippen molar-refractivity contribution in [3.8, 4) is 0 Å². The second kappa shape index (κ2) is 4.59. The van der Waals surface area contributed by atoms with Gasteiger partial charge in [0.1, 0.15) is 0 Å². The predicted octanol–water partition coefficient (Wildman–Crippen LogP) is 0.156. The number of nitrogens with zero attached hydrogens (tertiary/aromatic N) is 1. The van der Waals surface area contributed by atoms with Crippen LogP contribution in [-0.4, -0.2) is 49.8 Å². The first-order valence-electron chi connectivity index (χ1n) is 5.95. The maximum absolute atomic E-state index is 10.9. The summed E-state index contributed by atoms with van der Waals surface area (Å²) in [5.41, 5.74) is 5.56. The van der Waals surface area contributed by atoms with E-state index in [1.807, 2.05) is 0 Å². The van der Waals surface area contributed by atoms with Crippen molar-refractivity contribution in [2.24, 2.45) is 11.1 Å². The molecule has 0 bridgehead atoms. The van der Waals surface area contributed by atoms with Crippen molar-refractivity contribution in [3.63, 3.8) is 0 Å². The number of hydrogen-bond acceptors (Lipinski definition) is 3. The lowest BCUT2D eigenvalue weighted by atomic mass is 9.88. The molecular formula is C11H21N3O2. The highest BCUT2D eigenvalue weighted by molar-refractivity contribution is 5.72. The van der Waals surface area contributed by atoms with E-state index >= 15 is 0 Å². The number of urea groups is 1. The number of rotatable bonds is 3. The summed E-state index contributed by atoms with van der Waals surface area (Å²) in [4.78, 5) is 12.7. The van der Waals surface area contributed by atoms with Crippen molar-refractivity contribution < 1.29 is 9.53 Å². The Morgan fingerprint density at radius 3 is 2.56 bits per heavy atom. The van der Waals surface area contributed by atoms with Crippen LogP contribution in [0.3, 0.4) is 0 Å². The Kier molecular flexibility index (Phi) is 3.35. The summed E-state index contributed by atoms with van der Waals surface area (Å²) in [6.45, 7) is 6.52. The molecule has 0 saturated carbocycles. The third-order valence-electron chi connectivity index (χ3n) is 3.53. The van der Waals surface area contributed by atoms with Crippen LogP contribution in [0.2, 0.25) is 0 Å². The third-order valence-corrected chi connectivity index (χ3v) is 3.53. The molecule has 0 aromatic rings. The Labute approximate surface area is 96.3 Å². The lowest BCUT2D eigenvalue weighted by Gasteiger charge is -2.40. The molecular weight excluding hydrogens is 206 g/mol. The molecule has 5 heteroatoms. The number of amides is 2. The summed E-state index contributed by atoms with van der Waals surface area (Å²) in [6, 6.07) is 0.228. The van der Waals surface area contributed by atoms with Crippen LogP contribution in [0.4, 0.5) is 4.79 Å². The SMILES string of the molecule is CC1(CNC2CCN(C(N)=O)CC2)COC1. The van der Waals surface area contributed by atoms with Gasteiger partial charge in [0.15, 0.2) is 0 Å². The van der Waals surface area contributed by atoms with Gasteiger partial charge in [-0.15, -0.1) is 0 Å². The van der Waals surface area contributed by atoms with E-state index in [9.17, 15) is 4.79 Å². The lowest BCUT2D eigenvalue weighted by Crippen LogP contribution is -2.52. The fourth-order valence-corrected chi connectivity index (χ4v) is 2.25. The molecule has 0 aliphatic carbocycles. The van der Waals surface area contributed by atoms with Crippen molar-refractivity contribution in [1.82, 2.24) is 10.2 Å². The van der Waals surface area contributed by atoms with Crippen LogP contribution in [0.5, 0.6) is 0 Å². The second-order valence-electron chi connectivity index (χ2n) is 5.28. The number of nitrogens with two attached hydrogens (primary N) is 1. The van der Waals surface area contributed by atoms with Gasteiger partial charge in [-0.1, -0.05) is 6.92 Å². The molecule has 2 amide bonds. The van der Waals surface area contributed by atoms with Crippen LogP contribution in [-0.2, 0) is 4.74 Å². The average molecular weight is 227 g/mol. The molecule has 2 aliphatic rings. The fourth-order valence-electron chi connectivity index (χ4n) is 2.25. The van der Waals surface area contributed by atoms with E-state index in [1.54, 1.807) is 4.90 Å². The average Bonchev–Trinajstić information content (AvgIpc) is 2.24. The van der Waals surface area contributed by atoms with Gasteiger partial charge in [0, 0.05) is 31.1 Å². The molecule has 2 aliphatic heterocycles. The lowest BCUT2D eigenvalue weighted by molar-refractivity contribution is -0.100. The number of ether oxygens (including phenoxy) is 1. The van der Waals surface area contributed by atoms with Gasteiger partial charge >= 0.3 is 6.03 Å². The summed E-state index contributed by atoms with van der Waals surface area (Å²) in [5, 5.41) is 3.56. The van der Waals surface area contributed by atoms with E-state index in [-0.39, 0.29) is 6.03 Å². The number of primary amides is 1. The second-order valence-corrected chi connectivity index (χ2v) is 5.28. The number of carbonyl (C=O) groups is 1. The molecule has 0 atom stereocenters. The van der Waals surface area contributed by atoms with Gasteiger partial charge in [0.2, 0.25) is 0 Å². The predicted molar refractivity (Wildman–Crippen MR) is 61.1 cm³/mol. The van der Waals surface area contributed by atoms with E-state index in [4.69, 9.17) is 10.5 Å². The first-order valence-corrected chi connectivity index (χ1v) is 5.95. The minimum absolute atomic E-state index is 0.294. The zero-order valence-corrected chi connectivity index (χ0v) is 9.87. The molecule has 0 unspecified atom stereocenters. The molecule has 3 N–H and O–H groups in total. The molecule has 2 fully saturated rings. The van der Waals surface area contributed by atoms with Crippen molar-refractivity contribution in [2.75, 3.05) is 32.8 Å². The molecule has 2 heterocycles. The van der Waals surface area contributed by atoms with Gasteiger partial charge in [-0.3, -0.25) is 0 Å². The maximum Gasteiger partial charge on any atom is 0.314 e. The molecule has 0 spiro atoms. The highest BCUT2D eigenvalue weighted by atomic mass is 16.5. The first-order chi connectivity index (χ1) is 7.59. The van der Waals surface area contributed by atoms with Gasteiger partial charge in [-0.2, -0.15) is 0 Å². The normalized spacial score (nSPS) is 25.2. The summed E-state index contributed by atoms with van der Waals surface area (Å²) < 4.78 is 5.22. The van der Waals surface area contributed by atoms with Crippen LogP contribution in [0.25, 0.3) is 0 Å². The molecule has 16 heavy (non-hydrogen) atoms. The molecule has 2 rings (SSSR count). The third kappa shape index (κ3) is 2.65. The monoisotopic (exact) mass is 227 g/mol. The molecule has 0 aromatic heterocycles. The van der Waals surface area contributed by atoms with Gasteiger partial charge in [-0.05, 0) is 12.8 Å². The largest absolute Gasteiger partial charge is 0.380 e. The summed E-state index contributed by atoms with van der Waals surface area (Å²) in [5.74, 6) is 0. The Morgan fingerprint density at radius 2 is 2.12 bits per heavy atom. The van der Waals surface area contributed by atoms with Gasteiger partial charge < -0.3 is 20.7 Å². The number of carbonyl (C=O) groups excluding carboxylic acids is 1. The van der Waals surface area contributed by atoms with E-state index in [1.165, 1.54) is 0 Å².